The Morgan fingerprint density at radius 1 is 1.38 bits per heavy atom. The summed E-state index contributed by atoms with van der Waals surface area (Å²) in [6.45, 7) is 1.90. The van der Waals surface area contributed by atoms with Gasteiger partial charge in [0.05, 0.1) is 23.5 Å². The number of aromatic nitrogens is 1. The van der Waals surface area contributed by atoms with E-state index in [1.807, 2.05) is 0 Å². The summed E-state index contributed by atoms with van der Waals surface area (Å²) in [5, 5.41) is 18.0. The lowest BCUT2D eigenvalue weighted by molar-refractivity contribution is 0.0698. The van der Waals surface area contributed by atoms with Crippen LogP contribution in [-0.4, -0.2) is 22.3 Å². The number of aromatic carboxylic acids is 1. The van der Waals surface area contributed by atoms with Crippen molar-refractivity contribution in [3.8, 4) is 0 Å². The zero-order chi connectivity index (χ0) is 15.4. The third kappa shape index (κ3) is 3.96. The summed E-state index contributed by atoms with van der Waals surface area (Å²) in [5.74, 6) is -0.667. The molecule has 0 aliphatic rings. The number of benzene rings is 1. The SMILES string of the molecule is Cc1cc(CNC(=O)Nc2cc(Cl)ccc2C(=O)O)on1. The van der Waals surface area contributed by atoms with Crippen LogP contribution in [0.2, 0.25) is 5.02 Å². The molecule has 0 atom stereocenters. The molecule has 0 aliphatic heterocycles. The Morgan fingerprint density at radius 2 is 2.14 bits per heavy atom. The maximum absolute atomic E-state index is 11.8. The monoisotopic (exact) mass is 309 g/mol. The summed E-state index contributed by atoms with van der Waals surface area (Å²) in [6.07, 6.45) is 0. The summed E-state index contributed by atoms with van der Waals surface area (Å²) >= 11 is 5.79. The molecule has 0 unspecified atom stereocenters. The Labute approximate surface area is 124 Å². The minimum absolute atomic E-state index is 0.0509. The predicted molar refractivity (Wildman–Crippen MR) is 75.5 cm³/mol. The van der Waals surface area contributed by atoms with E-state index in [4.69, 9.17) is 21.2 Å². The lowest BCUT2D eigenvalue weighted by atomic mass is 10.2. The Kier molecular flexibility index (Phi) is 4.44. The molecule has 0 saturated carbocycles. The van der Waals surface area contributed by atoms with Crippen LogP contribution >= 0.6 is 11.6 Å². The Bertz CT molecular complexity index is 684. The highest BCUT2D eigenvalue weighted by Gasteiger charge is 2.13. The molecule has 21 heavy (non-hydrogen) atoms. The van der Waals surface area contributed by atoms with Gasteiger partial charge in [-0.15, -0.1) is 0 Å². The van der Waals surface area contributed by atoms with Crippen LogP contribution < -0.4 is 10.6 Å². The van der Waals surface area contributed by atoms with Crippen LogP contribution in [0.25, 0.3) is 0 Å². The number of carbonyl (C=O) groups excluding carboxylic acids is 1. The fourth-order valence-corrected chi connectivity index (χ4v) is 1.81. The van der Waals surface area contributed by atoms with Crippen LogP contribution in [0, 0.1) is 6.92 Å². The van der Waals surface area contributed by atoms with Crippen molar-refractivity contribution in [3.63, 3.8) is 0 Å². The number of amides is 2. The van der Waals surface area contributed by atoms with E-state index < -0.39 is 12.0 Å². The van der Waals surface area contributed by atoms with E-state index in [1.54, 1.807) is 13.0 Å². The molecule has 8 heteroatoms. The number of hydrogen-bond acceptors (Lipinski definition) is 4. The van der Waals surface area contributed by atoms with E-state index in [9.17, 15) is 9.59 Å². The van der Waals surface area contributed by atoms with Gasteiger partial charge in [0, 0.05) is 11.1 Å². The normalized spacial score (nSPS) is 10.2. The molecule has 2 rings (SSSR count). The number of halogens is 1. The summed E-state index contributed by atoms with van der Waals surface area (Å²) in [5.41, 5.74) is 0.765. The quantitative estimate of drug-likeness (QED) is 0.805. The summed E-state index contributed by atoms with van der Waals surface area (Å²) < 4.78 is 4.94. The molecule has 2 aromatic rings. The highest BCUT2D eigenvalue weighted by Crippen LogP contribution is 2.21. The van der Waals surface area contributed by atoms with Gasteiger partial charge in [0.15, 0.2) is 5.76 Å². The smallest absolute Gasteiger partial charge is 0.337 e. The summed E-state index contributed by atoms with van der Waals surface area (Å²) in [6, 6.07) is 5.23. The molecule has 0 saturated heterocycles. The van der Waals surface area contributed by atoms with Crippen LogP contribution in [0.1, 0.15) is 21.8 Å². The summed E-state index contributed by atoms with van der Waals surface area (Å²) in [7, 11) is 0. The van der Waals surface area contributed by atoms with Gasteiger partial charge >= 0.3 is 12.0 Å². The molecule has 0 spiro atoms. The van der Waals surface area contributed by atoms with Gasteiger partial charge in [0.1, 0.15) is 0 Å². The molecule has 7 nitrogen and oxygen atoms in total. The zero-order valence-corrected chi connectivity index (χ0v) is 11.8. The highest BCUT2D eigenvalue weighted by molar-refractivity contribution is 6.31. The standard InChI is InChI=1S/C13H12ClN3O4/c1-7-4-9(21-17-7)6-15-13(20)16-11-5-8(14)2-3-10(11)12(18)19/h2-5H,6H2,1H3,(H,18,19)(H2,15,16,20). The number of urea groups is 1. The number of rotatable bonds is 4. The molecular weight excluding hydrogens is 298 g/mol. The maximum atomic E-state index is 11.8. The van der Waals surface area contributed by atoms with E-state index in [-0.39, 0.29) is 17.8 Å². The van der Waals surface area contributed by atoms with Gasteiger partial charge in [0.2, 0.25) is 0 Å². The number of carbonyl (C=O) groups is 2. The van der Waals surface area contributed by atoms with Gasteiger partial charge in [-0.05, 0) is 25.1 Å². The van der Waals surface area contributed by atoms with Crippen LogP contribution in [0.3, 0.4) is 0 Å². The van der Waals surface area contributed by atoms with Gasteiger partial charge in [-0.25, -0.2) is 9.59 Å². The fourth-order valence-electron chi connectivity index (χ4n) is 1.64. The van der Waals surface area contributed by atoms with Crippen LogP contribution in [0.4, 0.5) is 10.5 Å². The number of carboxylic acids is 1. The number of aryl methyl sites for hydroxylation is 1. The average Bonchev–Trinajstić information content (AvgIpc) is 2.82. The third-order valence-corrected chi connectivity index (χ3v) is 2.80. The topological polar surface area (TPSA) is 104 Å². The first-order valence-electron chi connectivity index (χ1n) is 5.95. The molecule has 1 heterocycles. The van der Waals surface area contributed by atoms with Crippen molar-refractivity contribution in [2.24, 2.45) is 0 Å². The number of carboxylic acid groups (broad SMARTS) is 1. The number of anilines is 1. The van der Waals surface area contributed by atoms with Crippen molar-refractivity contribution in [3.05, 3.63) is 46.3 Å². The molecule has 1 aromatic heterocycles. The second-order valence-electron chi connectivity index (χ2n) is 4.24. The van der Waals surface area contributed by atoms with E-state index in [0.29, 0.717) is 16.5 Å². The lowest BCUT2D eigenvalue weighted by Crippen LogP contribution is -2.28. The Hall–Kier alpha value is -2.54. The molecule has 3 N–H and O–H groups in total. The van der Waals surface area contributed by atoms with E-state index in [1.165, 1.54) is 18.2 Å². The predicted octanol–water partition coefficient (Wildman–Crippen LogP) is 2.66. The van der Waals surface area contributed by atoms with Crippen molar-refractivity contribution in [1.82, 2.24) is 10.5 Å². The van der Waals surface area contributed by atoms with E-state index in [2.05, 4.69) is 15.8 Å². The number of hydrogen-bond donors (Lipinski definition) is 3. The minimum Gasteiger partial charge on any atom is -0.478 e. The molecule has 0 radical (unpaired) electrons. The van der Waals surface area contributed by atoms with Crippen molar-refractivity contribution in [1.29, 1.82) is 0 Å². The van der Waals surface area contributed by atoms with E-state index in [0.717, 1.165) is 0 Å². The van der Waals surface area contributed by atoms with Gasteiger partial charge in [-0.3, -0.25) is 0 Å². The number of nitrogens with zero attached hydrogens (tertiary/aromatic N) is 1. The van der Waals surface area contributed by atoms with Crippen molar-refractivity contribution < 1.29 is 19.2 Å². The zero-order valence-electron chi connectivity index (χ0n) is 11.0. The molecule has 2 amide bonds. The van der Waals surface area contributed by atoms with Gasteiger partial charge in [-0.2, -0.15) is 0 Å². The lowest BCUT2D eigenvalue weighted by Gasteiger charge is -2.09. The van der Waals surface area contributed by atoms with Gasteiger partial charge in [0.25, 0.3) is 0 Å². The van der Waals surface area contributed by atoms with Crippen LogP contribution in [0.5, 0.6) is 0 Å². The van der Waals surface area contributed by atoms with Crippen LogP contribution in [-0.2, 0) is 6.54 Å². The third-order valence-electron chi connectivity index (χ3n) is 2.56. The second kappa shape index (κ2) is 6.27. The van der Waals surface area contributed by atoms with Gasteiger partial charge < -0.3 is 20.3 Å². The average molecular weight is 310 g/mol. The summed E-state index contributed by atoms with van der Waals surface area (Å²) in [4.78, 5) is 22.8. The van der Waals surface area contributed by atoms with Crippen molar-refractivity contribution >= 4 is 29.3 Å². The largest absolute Gasteiger partial charge is 0.478 e. The first kappa shape index (κ1) is 14.9. The highest BCUT2D eigenvalue weighted by atomic mass is 35.5. The Morgan fingerprint density at radius 3 is 2.76 bits per heavy atom. The number of nitrogens with one attached hydrogen (secondary N) is 2. The minimum atomic E-state index is -1.16. The molecule has 1 aromatic carbocycles. The Balaban J connectivity index is 2.02. The molecule has 110 valence electrons. The van der Waals surface area contributed by atoms with Crippen molar-refractivity contribution in [2.75, 3.05) is 5.32 Å². The first-order chi connectivity index (χ1) is 9.95. The van der Waals surface area contributed by atoms with Gasteiger partial charge in [-0.1, -0.05) is 16.8 Å². The fraction of sp³-hybridized carbons (Fsp3) is 0.154. The van der Waals surface area contributed by atoms with E-state index >= 15 is 0 Å². The molecule has 0 bridgehead atoms. The molecule has 0 fully saturated rings. The maximum Gasteiger partial charge on any atom is 0.337 e. The van der Waals surface area contributed by atoms with Crippen LogP contribution in [0.15, 0.2) is 28.8 Å². The molecule has 0 aliphatic carbocycles. The first-order valence-corrected chi connectivity index (χ1v) is 6.33. The van der Waals surface area contributed by atoms with Crippen molar-refractivity contribution in [2.45, 2.75) is 13.5 Å². The second-order valence-corrected chi connectivity index (χ2v) is 4.67. The molecular formula is C13H12ClN3O4.